The van der Waals surface area contributed by atoms with E-state index in [4.69, 9.17) is 4.74 Å². The van der Waals surface area contributed by atoms with Crippen molar-refractivity contribution in [1.29, 1.82) is 0 Å². The summed E-state index contributed by atoms with van der Waals surface area (Å²) in [5.74, 6) is 0.105. The van der Waals surface area contributed by atoms with E-state index in [2.05, 4.69) is 31.1 Å². The highest BCUT2D eigenvalue weighted by Gasteiger charge is 2.34. The molecule has 1 aliphatic rings. The molecular formula is C24H27N9O4. The molecule has 37 heavy (non-hydrogen) atoms. The first-order chi connectivity index (χ1) is 17.8. The molecule has 5 rings (SSSR count). The van der Waals surface area contributed by atoms with Crippen LogP contribution < -0.4 is 10.6 Å². The predicted molar refractivity (Wildman–Crippen MR) is 134 cm³/mol. The van der Waals surface area contributed by atoms with Crippen molar-refractivity contribution in [2.24, 2.45) is 0 Å². The van der Waals surface area contributed by atoms with Gasteiger partial charge >= 0.3 is 6.09 Å². The number of rotatable bonds is 7. The molecule has 0 aliphatic carbocycles. The molecule has 0 radical (unpaired) electrons. The number of carbonyl (C=O) groups excluding carboxylic acids is 2. The first-order valence-corrected chi connectivity index (χ1v) is 11.8. The lowest BCUT2D eigenvalue weighted by molar-refractivity contribution is 0.0621. The van der Waals surface area contributed by atoms with Gasteiger partial charge in [-0.25, -0.2) is 9.31 Å². The van der Waals surface area contributed by atoms with E-state index in [1.165, 1.54) is 18.1 Å². The number of aryl methyl sites for hydroxylation is 1. The molecule has 1 aliphatic heterocycles. The Morgan fingerprint density at radius 3 is 2.81 bits per heavy atom. The number of nitrogens with one attached hydrogen (secondary N) is 2. The highest BCUT2D eigenvalue weighted by molar-refractivity contribution is 6.09. The molecule has 3 aromatic heterocycles. The summed E-state index contributed by atoms with van der Waals surface area (Å²) >= 11 is 0. The number of pyridine rings is 1. The molecule has 0 saturated carbocycles. The second kappa shape index (κ2) is 9.85. The molecule has 0 spiro atoms. The third kappa shape index (κ3) is 4.93. The molecule has 4 heterocycles. The van der Waals surface area contributed by atoms with Crippen molar-refractivity contribution in [3.05, 3.63) is 53.9 Å². The normalized spacial score (nSPS) is 14.3. The number of carbonyl (C=O) groups is 2. The summed E-state index contributed by atoms with van der Waals surface area (Å²) in [5, 5.41) is 32.7. The van der Waals surface area contributed by atoms with E-state index < -0.39 is 6.10 Å². The number of hydrogen-bond donors (Lipinski definition) is 3. The highest BCUT2D eigenvalue weighted by Crippen LogP contribution is 2.26. The minimum Gasteiger partial charge on any atom is -0.453 e. The minimum absolute atomic E-state index is 0.0689. The van der Waals surface area contributed by atoms with Crippen molar-refractivity contribution in [1.82, 2.24) is 34.7 Å². The molecule has 13 nitrogen and oxygen atoms in total. The van der Waals surface area contributed by atoms with Crippen molar-refractivity contribution in [3.8, 4) is 11.4 Å². The number of fused-ring (bicyclic) bond motifs is 1. The van der Waals surface area contributed by atoms with Gasteiger partial charge in [-0.2, -0.15) is 9.90 Å². The van der Waals surface area contributed by atoms with Gasteiger partial charge in [0.2, 0.25) is 5.82 Å². The standard InChI is InChI=1S/C24H27N9O4/c1-14-4-5-16(22-28-30-33(29-22)18-12-31(13-18)24(36)37-3)8-20(14)27-23(35)19-11-26-32-7-6-17(9-21(19)32)25-10-15(2)34/h4-9,11,15,18,25,34H,10,12-13H2,1-3H3,(H,27,35)/t15-/m0/s1. The number of amides is 2. The van der Waals surface area contributed by atoms with Crippen LogP contribution in [0.2, 0.25) is 0 Å². The molecule has 0 unspecified atom stereocenters. The number of aliphatic hydroxyl groups excluding tert-OH is 1. The molecule has 0 bridgehead atoms. The largest absolute Gasteiger partial charge is 0.453 e. The van der Waals surface area contributed by atoms with Gasteiger partial charge in [0.05, 0.1) is 43.6 Å². The third-order valence-corrected chi connectivity index (χ3v) is 6.16. The van der Waals surface area contributed by atoms with Crippen LogP contribution in [0, 0.1) is 6.92 Å². The van der Waals surface area contributed by atoms with Gasteiger partial charge < -0.3 is 25.4 Å². The van der Waals surface area contributed by atoms with Gasteiger partial charge in [0.1, 0.15) is 6.04 Å². The number of anilines is 2. The fourth-order valence-corrected chi connectivity index (χ4v) is 3.99. The van der Waals surface area contributed by atoms with E-state index in [1.807, 2.05) is 31.2 Å². The molecule has 2 amide bonds. The van der Waals surface area contributed by atoms with Crippen molar-refractivity contribution in [2.45, 2.75) is 26.0 Å². The zero-order chi connectivity index (χ0) is 26.1. The van der Waals surface area contributed by atoms with Gasteiger partial charge in [0.15, 0.2) is 0 Å². The predicted octanol–water partition coefficient (Wildman–Crippen LogP) is 1.96. The molecule has 4 aromatic rings. The van der Waals surface area contributed by atoms with Crippen LogP contribution >= 0.6 is 0 Å². The second-order valence-corrected chi connectivity index (χ2v) is 8.98. The number of aliphatic hydroxyl groups is 1. The average Bonchev–Trinajstić information content (AvgIpc) is 3.50. The average molecular weight is 506 g/mol. The Morgan fingerprint density at radius 1 is 1.24 bits per heavy atom. The van der Waals surface area contributed by atoms with Crippen LogP contribution in [-0.2, 0) is 4.74 Å². The number of benzene rings is 1. The minimum atomic E-state index is -0.501. The van der Waals surface area contributed by atoms with Crippen LogP contribution in [0.1, 0.15) is 28.9 Å². The van der Waals surface area contributed by atoms with Gasteiger partial charge in [0, 0.05) is 29.7 Å². The lowest BCUT2D eigenvalue weighted by atomic mass is 10.1. The summed E-state index contributed by atoms with van der Waals surface area (Å²) in [6.07, 6.45) is 2.39. The maximum atomic E-state index is 13.2. The Morgan fingerprint density at radius 2 is 2.05 bits per heavy atom. The molecule has 1 saturated heterocycles. The van der Waals surface area contributed by atoms with Crippen molar-refractivity contribution in [3.63, 3.8) is 0 Å². The van der Waals surface area contributed by atoms with Crippen molar-refractivity contribution in [2.75, 3.05) is 37.4 Å². The molecular weight excluding hydrogens is 478 g/mol. The number of aromatic nitrogens is 6. The molecule has 1 fully saturated rings. The van der Waals surface area contributed by atoms with E-state index >= 15 is 0 Å². The summed E-state index contributed by atoms with van der Waals surface area (Å²) in [4.78, 5) is 27.8. The van der Waals surface area contributed by atoms with Crippen LogP contribution in [0.4, 0.5) is 16.2 Å². The number of methoxy groups -OCH3 is 1. The fraction of sp³-hybridized carbons (Fsp3) is 0.333. The van der Waals surface area contributed by atoms with Crippen LogP contribution in [-0.4, -0.2) is 84.7 Å². The molecule has 3 N–H and O–H groups in total. The molecule has 192 valence electrons. The van der Waals surface area contributed by atoms with Gasteiger partial charge in [-0.1, -0.05) is 12.1 Å². The topological polar surface area (TPSA) is 152 Å². The smallest absolute Gasteiger partial charge is 0.409 e. The zero-order valence-corrected chi connectivity index (χ0v) is 20.6. The maximum Gasteiger partial charge on any atom is 0.409 e. The molecule has 1 aromatic carbocycles. The summed E-state index contributed by atoms with van der Waals surface area (Å²) in [7, 11) is 1.35. The van der Waals surface area contributed by atoms with Crippen LogP contribution in [0.25, 0.3) is 16.9 Å². The number of tetrazole rings is 1. The van der Waals surface area contributed by atoms with E-state index in [-0.39, 0.29) is 18.0 Å². The number of likely N-dealkylation sites (tertiary alicyclic amines) is 1. The van der Waals surface area contributed by atoms with Crippen LogP contribution in [0.5, 0.6) is 0 Å². The monoisotopic (exact) mass is 505 g/mol. The van der Waals surface area contributed by atoms with Gasteiger partial charge in [-0.15, -0.1) is 10.2 Å². The number of hydrogen-bond acceptors (Lipinski definition) is 9. The lowest BCUT2D eigenvalue weighted by Gasteiger charge is -2.36. The first kappa shape index (κ1) is 24.2. The first-order valence-electron chi connectivity index (χ1n) is 11.8. The summed E-state index contributed by atoms with van der Waals surface area (Å²) in [6.45, 7) is 4.89. The fourth-order valence-electron chi connectivity index (χ4n) is 3.99. The quantitative estimate of drug-likeness (QED) is 0.342. The van der Waals surface area contributed by atoms with E-state index in [9.17, 15) is 14.7 Å². The Hall–Kier alpha value is -4.52. The third-order valence-electron chi connectivity index (χ3n) is 6.16. The Balaban J connectivity index is 1.32. The number of nitrogens with zero attached hydrogens (tertiary/aromatic N) is 7. The Labute approximate surface area is 212 Å². The summed E-state index contributed by atoms with van der Waals surface area (Å²) < 4.78 is 6.33. The number of ether oxygens (including phenoxy) is 1. The van der Waals surface area contributed by atoms with Crippen molar-refractivity contribution < 1.29 is 19.4 Å². The highest BCUT2D eigenvalue weighted by atomic mass is 16.5. The summed E-state index contributed by atoms with van der Waals surface area (Å²) in [6, 6.07) is 9.12. The van der Waals surface area contributed by atoms with Crippen LogP contribution in [0.3, 0.4) is 0 Å². The van der Waals surface area contributed by atoms with E-state index in [1.54, 1.807) is 28.6 Å². The van der Waals surface area contributed by atoms with Gasteiger partial charge in [-0.3, -0.25) is 4.79 Å². The van der Waals surface area contributed by atoms with Gasteiger partial charge in [0.25, 0.3) is 5.91 Å². The maximum absolute atomic E-state index is 13.2. The zero-order valence-electron chi connectivity index (χ0n) is 20.6. The van der Waals surface area contributed by atoms with E-state index in [0.29, 0.717) is 47.8 Å². The summed E-state index contributed by atoms with van der Waals surface area (Å²) in [5.41, 5.74) is 4.00. The van der Waals surface area contributed by atoms with E-state index in [0.717, 1.165) is 11.3 Å². The molecule has 13 heteroatoms. The molecule has 1 atom stereocenters. The Bertz CT molecular complexity index is 1460. The van der Waals surface area contributed by atoms with Crippen molar-refractivity contribution >= 4 is 28.9 Å². The second-order valence-electron chi connectivity index (χ2n) is 8.98. The van der Waals surface area contributed by atoms with Gasteiger partial charge in [-0.05, 0) is 42.8 Å². The lowest BCUT2D eigenvalue weighted by Crippen LogP contribution is -2.51. The SMILES string of the molecule is COC(=O)N1CC(n2nnc(-c3ccc(C)c(NC(=O)c4cnn5ccc(NC[C@H](C)O)cc45)c3)n2)C1. The van der Waals surface area contributed by atoms with Crippen LogP contribution in [0.15, 0.2) is 42.7 Å². The Kier molecular flexibility index (Phi) is 6.44.